The summed E-state index contributed by atoms with van der Waals surface area (Å²) >= 11 is 0. The van der Waals surface area contributed by atoms with E-state index in [2.05, 4.69) is 120 Å². The molecule has 0 N–H and O–H groups in total. The zero-order valence-corrected chi connectivity index (χ0v) is 25.0. The molecule has 0 saturated heterocycles. The van der Waals surface area contributed by atoms with E-state index in [-0.39, 0.29) is 64.4 Å². The molecule has 35 heavy (non-hydrogen) atoms. The molecule has 3 aromatic rings. The van der Waals surface area contributed by atoms with E-state index in [0.29, 0.717) is 5.92 Å². The maximum Gasteiger partial charge on any atom is 4.00 e. The van der Waals surface area contributed by atoms with Crippen molar-refractivity contribution < 1.29 is 58.9 Å². The largest absolute Gasteiger partial charge is 4.00 e. The Bertz CT molecular complexity index is 1050. The Balaban J connectivity index is 0.00000289. The molecule has 0 bridgehead atoms. The zero-order chi connectivity index (χ0) is 22.0. The van der Waals surface area contributed by atoms with E-state index in [1.165, 1.54) is 44.5 Å². The summed E-state index contributed by atoms with van der Waals surface area (Å²) in [6.45, 7) is 11.2. The summed E-state index contributed by atoms with van der Waals surface area (Å²) < 4.78 is 0. The van der Waals surface area contributed by atoms with E-state index >= 15 is 0 Å². The second-order valence-corrected chi connectivity index (χ2v) is 9.13. The van der Waals surface area contributed by atoms with Gasteiger partial charge in [-0.2, -0.15) is 5.57 Å². The van der Waals surface area contributed by atoms with Crippen LogP contribution in [0.25, 0.3) is 0 Å². The molecule has 0 fully saturated rings. The molecule has 4 rings (SSSR count). The molecule has 182 valence electrons. The van der Waals surface area contributed by atoms with Gasteiger partial charge in [0.05, 0.1) is 0 Å². The molecule has 1 atom stereocenters. The van der Waals surface area contributed by atoms with E-state index in [0.717, 1.165) is 12.8 Å². The van der Waals surface area contributed by atoms with Gasteiger partial charge in [0.1, 0.15) is 0 Å². The first kappa shape index (κ1) is 33.7. The van der Waals surface area contributed by atoms with E-state index in [9.17, 15) is 0 Å². The van der Waals surface area contributed by atoms with Crippen molar-refractivity contribution in [1.82, 2.24) is 0 Å². The number of rotatable bonds is 6. The molecule has 1 aliphatic rings. The molecular weight excluding hydrogens is 527 g/mol. The van der Waals surface area contributed by atoms with Crippen LogP contribution < -0.4 is 37.2 Å². The van der Waals surface area contributed by atoms with Crippen LogP contribution in [0.3, 0.4) is 0 Å². The Kier molecular flexibility index (Phi) is 13.9. The van der Waals surface area contributed by atoms with Gasteiger partial charge in [-0.15, -0.1) is 0 Å². The number of allylic oxidation sites excluding steroid dienone is 4. The maximum absolute atomic E-state index is 3.91. The maximum atomic E-state index is 3.91. The summed E-state index contributed by atoms with van der Waals surface area (Å²) in [7, 11) is 0. The summed E-state index contributed by atoms with van der Waals surface area (Å²) in [5.74, 6) is 0.530. The quantitative estimate of drug-likeness (QED) is 0.208. The van der Waals surface area contributed by atoms with Crippen molar-refractivity contribution in [2.24, 2.45) is 5.92 Å². The molecule has 0 saturated carbocycles. The Hall–Kier alpha value is -1.28. The fraction of sp³-hybridized carbons (Fsp3) is 0.290. The summed E-state index contributed by atoms with van der Waals surface area (Å²) in [4.78, 5) is 0. The summed E-state index contributed by atoms with van der Waals surface area (Å²) in [5.41, 5.74) is 10.2. The Morgan fingerprint density at radius 3 is 1.49 bits per heavy atom. The number of hydrogen-bond acceptors (Lipinski definition) is 0. The van der Waals surface area contributed by atoms with Crippen molar-refractivity contribution in [1.29, 1.82) is 0 Å². The smallest absolute Gasteiger partial charge is 1.00 e. The first-order valence-electron chi connectivity index (χ1n) is 11.5. The van der Waals surface area contributed by atoms with Crippen LogP contribution in [0.5, 0.6) is 0 Å². The van der Waals surface area contributed by atoms with Gasteiger partial charge in [0.2, 0.25) is 0 Å². The average Bonchev–Trinajstić information content (AvgIpc) is 3.24. The second-order valence-electron chi connectivity index (χ2n) is 9.13. The fourth-order valence-electron chi connectivity index (χ4n) is 4.94. The first-order chi connectivity index (χ1) is 14.9. The van der Waals surface area contributed by atoms with Gasteiger partial charge in [-0.05, 0) is 37.5 Å². The molecular formula is C31H33Cl3Ti. The van der Waals surface area contributed by atoms with Crippen molar-refractivity contribution in [3.63, 3.8) is 0 Å². The van der Waals surface area contributed by atoms with Gasteiger partial charge in [0.15, 0.2) is 0 Å². The van der Waals surface area contributed by atoms with Crippen LogP contribution in [0.1, 0.15) is 60.1 Å². The molecule has 0 nitrogen and oxygen atoms in total. The molecule has 0 radical (unpaired) electrons. The van der Waals surface area contributed by atoms with Crippen LogP contribution in [-0.2, 0) is 27.1 Å². The Morgan fingerprint density at radius 2 is 1.14 bits per heavy atom. The zero-order valence-electron chi connectivity index (χ0n) is 21.1. The molecule has 0 amide bonds. The van der Waals surface area contributed by atoms with Gasteiger partial charge in [-0.1, -0.05) is 122 Å². The fourth-order valence-corrected chi connectivity index (χ4v) is 4.94. The van der Waals surface area contributed by atoms with Crippen LogP contribution in [0.2, 0.25) is 0 Å². The van der Waals surface area contributed by atoms with E-state index in [4.69, 9.17) is 0 Å². The van der Waals surface area contributed by atoms with Gasteiger partial charge >= 0.3 is 21.7 Å². The van der Waals surface area contributed by atoms with Gasteiger partial charge in [0, 0.05) is 5.41 Å². The number of benzene rings is 3. The van der Waals surface area contributed by atoms with Crippen LogP contribution in [0.15, 0.2) is 90.0 Å². The minimum Gasteiger partial charge on any atom is -1.00 e. The van der Waals surface area contributed by atoms with Crippen LogP contribution in [0.4, 0.5) is 0 Å². The topological polar surface area (TPSA) is 0 Å². The SMILES string of the molecule is CCC(C)C1=CCC(C(c2cccc(C)c2)(c2cccc(C)c2)c2cccc(C)c2)=[C-]1.[Cl-].[Cl-].[Cl-].[Ti+4]. The number of halogens is 3. The number of hydrogen-bond donors (Lipinski definition) is 0. The van der Waals surface area contributed by atoms with E-state index < -0.39 is 0 Å². The third kappa shape index (κ3) is 6.74. The minimum atomic E-state index is -0.351. The van der Waals surface area contributed by atoms with E-state index in [1.807, 2.05) is 0 Å². The van der Waals surface area contributed by atoms with Crippen molar-refractivity contribution >= 4 is 0 Å². The van der Waals surface area contributed by atoms with Crippen LogP contribution in [0, 0.1) is 32.8 Å². The van der Waals surface area contributed by atoms with Gasteiger partial charge < -0.3 is 37.2 Å². The van der Waals surface area contributed by atoms with E-state index in [1.54, 1.807) is 0 Å². The monoisotopic (exact) mass is 558 g/mol. The first-order valence-corrected chi connectivity index (χ1v) is 11.5. The van der Waals surface area contributed by atoms with Crippen LogP contribution >= 0.6 is 0 Å². The Labute approximate surface area is 245 Å². The number of aryl methyl sites for hydroxylation is 3. The standard InChI is InChI=1S/C31H33.3ClH.Ti/c1-6-25(5)26-16-17-30(21-26)31(27-13-7-10-22(2)18-27,28-14-8-11-23(3)19-28)29-15-9-12-24(4)20-29;;;;/h7-16,18-20,25H,6,17H2,1-5H3;3*1H;/q-1;;;;+4/p-3. The molecule has 1 aliphatic carbocycles. The second kappa shape index (κ2) is 14.5. The third-order valence-corrected chi connectivity index (χ3v) is 6.77. The van der Waals surface area contributed by atoms with Crippen molar-refractivity contribution in [3.8, 4) is 0 Å². The normalized spacial score (nSPS) is 13.2. The minimum absolute atomic E-state index is 0. The molecule has 4 heteroatoms. The Morgan fingerprint density at radius 1 is 0.743 bits per heavy atom. The molecule has 1 unspecified atom stereocenters. The summed E-state index contributed by atoms with van der Waals surface area (Å²) in [5, 5.41) is 0. The van der Waals surface area contributed by atoms with Gasteiger partial charge in [0.25, 0.3) is 0 Å². The van der Waals surface area contributed by atoms with Crippen molar-refractivity contribution in [2.75, 3.05) is 0 Å². The van der Waals surface area contributed by atoms with Gasteiger partial charge in [-0.3, -0.25) is 0 Å². The van der Waals surface area contributed by atoms with Crippen molar-refractivity contribution in [3.05, 3.63) is 129 Å². The van der Waals surface area contributed by atoms with Crippen LogP contribution in [-0.4, -0.2) is 0 Å². The predicted octanol–water partition coefficient (Wildman–Crippen LogP) is -0.938. The molecule has 0 aromatic heterocycles. The third-order valence-electron chi connectivity index (χ3n) is 6.77. The summed E-state index contributed by atoms with van der Waals surface area (Å²) in [6, 6.07) is 27.1. The summed E-state index contributed by atoms with van der Waals surface area (Å²) in [6.07, 6.45) is 8.39. The molecule has 0 heterocycles. The van der Waals surface area contributed by atoms with Crippen molar-refractivity contribution in [2.45, 2.75) is 52.9 Å². The molecule has 0 aliphatic heterocycles. The molecule has 0 spiro atoms. The average molecular weight is 560 g/mol. The predicted molar refractivity (Wildman–Crippen MR) is 132 cm³/mol. The van der Waals surface area contributed by atoms with Gasteiger partial charge in [-0.25, -0.2) is 17.7 Å². The molecule has 3 aromatic carbocycles.